The number of benzene rings is 1. The van der Waals surface area contributed by atoms with Gasteiger partial charge in [-0.2, -0.15) is 0 Å². The largest absolute Gasteiger partial charge is 0.488 e. The fourth-order valence-corrected chi connectivity index (χ4v) is 5.80. The molecule has 0 atom stereocenters. The number of carbonyl (C=O) groups is 1. The molecule has 0 amide bonds. The number of aromatic carboxylic acids is 1. The number of anilines is 2. The summed E-state index contributed by atoms with van der Waals surface area (Å²) in [4.78, 5) is 20.7. The zero-order chi connectivity index (χ0) is 23.8. The van der Waals surface area contributed by atoms with Crippen LogP contribution in [0.1, 0.15) is 40.9 Å². The predicted octanol–water partition coefficient (Wildman–Crippen LogP) is 3.82. The van der Waals surface area contributed by atoms with E-state index in [1.54, 1.807) is 6.92 Å². The van der Waals surface area contributed by atoms with Gasteiger partial charge in [-0.15, -0.1) is 11.3 Å². The molecule has 9 nitrogen and oxygen atoms in total. The molecular weight excluding hydrogens is 471 g/mol. The molecule has 1 fully saturated rings. The van der Waals surface area contributed by atoms with Crippen molar-refractivity contribution in [1.82, 2.24) is 14.7 Å². The molecule has 0 spiro atoms. The second-order valence-electron chi connectivity index (χ2n) is 8.01. The Bertz CT molecular complexity index is 1300. The average molecular weight is 495 g/mol. The highest BCUT2D eigenvalue weighted by molar-refractivity contribution is 7.88. The molecule has 0 bridgehead atoms. The van der Waals surface area contributed by atoms with Crippen LogP contribution in [0, 0.1) is 12.7 Å². The van der Waals surface area contributed by atoms with Crippen LogP contribution in [-0.2, 0) is 10.0 Å². The molecule has 12 heteroatoms. The highest BCUT2D eigenvalue weighted by atomic mass is 32.2. The van der Waals surface area contributed by atoms with E-state index in [1.165, 1.54) is 24.5 Å². The number of ether oxygens (including phenoxy) is 1. The number of nitrogens with one attached hydrogen (secondary N) is 2. The molecule has 2 aromatic heterocycles. The van der Waals surface area contributed by atoms with Crippen molar-refractivity contribution in [3.63, 3.8) is 0 Å². The Morgan fingerprint density at radius 3 is 2.64 bits per heavy atom. The highest BCUT2D eigenvalue weighted by Crippen LogP contribution is 2.37. The Balaban J connectivity index is 1.56. The summed E-state index contributed by atoms with van der Waals surface area (Å²) in [5, 5.41) is 13.2. The second-order valence-corrected chi connectivity index (χ2v) is 10.8. The van der Waals surface area contributed by atoms with Crippen LogP contribution in [0.2, 0.25) is 0 Å². The smallest absolute Gasteiger partial charge is 0.346 e. The van der Waals surface area contributed by atoms with E-state index in [1.807, 2.05) is 0 Å². The van der Waals surface area contributed by atoms with Gasteiger partial charge < -0.3 is 15.2 Å². The Morgan fingerprint density at radius 1 is 1.24 bits per heavy atom. The fraction of sp³-hybridized carbons (Fsp3) is 0.381. The average Bonchev–Trinajstić information content (AvgIpc) is 3.08. The summed E-state index contributed by atoms with van der Waals surface area (Å²) >= 11 is 1.07. The maximum Gasteiger partial charge on any atom is 0.346 e. The standard InChI is InChI=1S/C21H23FN4O5S2/c1-11-17-19(23-10-24-20(17)32-18(11)21(27)28)25-15-8-3-12(22)9-16(15)31-14-6-4-13(5-7-14)26-33(2,29)30/h3,8-10,13-14,26H,4-7H2,1-2H3,(H,27,28)(H,23,24,25)/t13-,14-. The number of nitrogens with zero attached hydrogens (tertiary/aromatic N) is 2. The molecule has 1 aromatic carbocycles. The molecule has 1 aliphatic carbocycles. The molecule has 0 radical (unpaired) electrons. The molecule has 1 aliphatic rings. The third-order valence-corrected chi connectivity index (χ3v) is 7.42. The van der Waals surface area contributed by atoms with Gasteiger partial charge in [0.1, 0.15) is 33.4 Å². The zero-order valence-electron chi connectivity index (χ0n) is 18.0. The number of rotatable bonds is 7. The first-order chi connectivity index (χ1) is 15.6. The summed E-state index contributed by atoms with van der Waals surface area (Å²) in [6.45, 7) is 1.70. The van der Waals surface area contributed by atoms with E-state index in [0.29, 0.717) is 58.7 Å². The van der Waals surface area contributed by atoms with Crippen molar-refractivity contribution in [3.8, 4) is 5.75 Å². The summed E-state index contributed by atoms with van der Waals surface area (Å²) in [7, 11) is -3.27. The molecule has 33 heavy (non-hydrogen) atoms. The van der Waals surface area contributed by atoms with Crippen LogP contribution in [-0.4, -0.2) is 47.9 Å². The Labute approximate surface area is 194 Å². The van der Waals surface area contributed by atoms with Gasteiger partial charge in [0.15, 0.2) is 0 Å². The van der Waals surface area contributed by atoms with Crippen molar-refractivity contribution in [3.05, 3.63) is 40.8 Å². The second kappa shape index (κ2) is 9.20. The zero-order valence-corrected chi connectivity index (χ0v) is 19.6. The number of hydrogen-bond acceptors (Lipinski definition) is 8. The van der Waals surface area contributed by atoms with E-state index in [9.17, 15) is 22.7 Å². The van der Waals surface area contributed by atoms with Crippen molar-refractivity contribution in [2.75, 3.05) is 11.6 Å². The quantitative estimate of drug-likeness (QED) is 0.452. The van der Waals surface area contributed by atoms with Crippen LogP contribution in [0.15, 0.2) is 24.5 Å². The lowest BCUT2D eigenvalue weighted by Gasteiger charge is -2.29. The van der Waals surface area contributed by atoms with Crippen LogP contribution in [0.25, 0.3) is 10.2 Å². The van der Waals surface area contributed by atoms with Gasteiger partial charge in [-0.3, -0.25) is 0 Å². The first kappa shape index (κ1) is 23.3. The molecule has 176 valence electrons. The Hall–Kier alpha value is -2.83. The maximum atomic E-state index is 14.0. The highest BCUT2D eigenvalue weighted by Gasteiger charge is 2.25. The topological polar surface area (TPSA) is 131 Å². The number of carboxylic acid groups (broad SMARTS) is 1. The summed E-state index contributed by atoms with van der Waals surface area (Å²) in [6.07, 6.45) is 4.75. The monoisotopic (exact) mass is 494 g/mol. The Morgan fingerprint density at radius 2 is 1.97 bits per heavy atom. The number of hydrogen-bond donors (Lipinski definition) is 3. The molecule has 3 N–H and O–H groups in total. The lowest BCUT2D eigenvalue weighted by atomic mass is 9.93. The summed E-state index contributed by atoms with van der Waals surface area (Å²) in [5.41, 5.74) is 1.03. The van der Waals surface area contributed by atoms with Crippen molar-refractivity contribution in [2.24, 2.45) is 0 Å². The molecule has 2 heterocycles. The predicted molar refractivity (Wildman–Crippen MR) is 123 cm³/mol. The van der Waals surface area contributed by atoms with Gasteiger partial charge in [0.05, 0.1) is 23.4 Å². The maximum absolute atomic E-state index is 14.0. The molecular formula is C21H23FN4O5S2. The van der Waals surface area contributed by atoms with Gasteiger partial charge in [0.25, 0.3) is 0 Å². The summed E-state index contributed by atoms with van der Waals surface area (Å²) < 4.78 is 45.6. The normalized spacial score (nSPS) is 18.9. The minimum atomic E-state index is -3.27. The third-order valence-electron chi connectivity index (χ3n) is 5.47. The van der Waals surface area contributed by atoms with E-state index < -0.39 is 21.8 Å². The van der Waals surface area contributed by atoms with Gasteiger partial charge in [0, 0.05) is 12.1 Å². The molecule has 3 aromatic rings. The van der Waals surface area contributed by atoms with Gasteiger partial charge in [-0.1, -0.05) is 0 Å². The number of sulfonamides is 1. The first-order valence-electron chi connectivity index (χ1n) is 10.3. The van der Waals surface area contributed by atoms with Crippen LogP contribution < -0.4 is 14.8 Å². The van der Waals surface area contributed by atoms with Crippen molar-refractivity contribution in [2.45, 2.75) is 44.8 Å². The van der Waals surface area contributed by atoms with E-state index in [4.69, 9.17) is 4.74 Å². The number of fused-ring (bicyclic) bond motifs is 1. The first-order valence-corrected chi connectivity index (χ1v) is 13.0. The molecule has 0 aliphatic heterocycles. The lowest BCUT2D eigenvalue weighted by molar-refractivity contribution is 0.0701. The van der Waals surface area contributed by atoms with Crippen LogP contribution >= 0.6 is 11.3 Å². The molecule has 0 saturated heterocycles. The van der Waals surface area contributed by atoms with Crippen LogP contribution in [0.4, 0.5) is 15.9 Å². The van der Waals surface area contributed by atoms with Gasteiger partial charge >= 0.3 is 5.97 Å². The third kappa shape index (κ3) is 5.40. The number of thiophene rings is 1. The number of halogens is 1. The summed E-state index contributed by atoms with van der Waals surface area (Å²) in [5.74, 6) is -0.796. The minimum Gasteiger partial charge on any atom is -0.488 e. The van der Waals surface area contributed by atoms with E-state index in [-0.39, 0.29) is 17.0 Å². The number of carboxylic acids is 1. The fourth-order valence-electron chi connectivity index (χ4n) is 3.98. The van der Waals surface area contributed by atoms with Gasteiger partial charge in [-0.25, -0.2) is 32.3 Å². The molecule has 4 rings (SSSR count). The molecule has 1 saturated carbocycles. The SMILES string of the molecule is Cc1c(C(=O)O)sc2ncnc(Nc3ccc(F)cc3O[C@H]3CC[C@H](NS(C)(=O)=O)CC3)c12. The Kier molecular flexibility index (Phi) is 6.50. The van der Waals surface area contributed by atoms with E-state index >= 15 is 0 Å². The van der Waals surface area contributed by atoms with E-state index in [2.05, 4.69) is 20.0 Å². The van der Waals surface area contributed by atoms with Gasteiger partial charge in [-0.05, 0) is 50.3 Å². The molecule has 0 unspecified atom stereocenters. The lowest BCUT2D eigenvalue weighted by Crippen LogP contribution is -2.39. The minimum absolute atomic E-state index is 0.135. The number of aryl methyl sites for hydroxylation is 1. The van der Waals surface area contributed by atoms with Crippen molar-refractivity contribution in [1.29, 1.82) is 0 Å². The van der Waals surface area contributed by atoms with Gasteiger partial charge in [0.2, 0.25) is 10.0 Å². The van der Waals surface area contributed by atoms with E-state index in [0.717, 1.165) is 17.6 Å². The van der Waals surface area contributed by atoms with Crippen LogP contribution in [0.5, 0.6) is 5.75 Å². The van der Waals surface area contributed by atoms with Crippen molar-refractivity contribution < 1.29 is 27.4 Å². The number of aromatic nitrogens is 2. The van der Waals surface area contributed by atoms with Crippen molar-refractivity contribution >= 4 is 49.1 Å². The van der Waals surface area contributed by atoms with Crippen LogP contribution in [0.3, 0.4) is 0 Å². The summed E-state index contributed by atoms with van der Waals surface area (Å²) in [6, 6.07) is 3.98.